The number of carbonyl (C=O) groups is 1. The Hall–Kier alpha value is -4.14. The third kappa shape index (κ3) is 4.46. The molecule has 0 aliphatic rings. The molecule has 0 aliphatic heterocycles. The van der Waals surface area contributed by atoms with Gasteiger partial charge in [0.1, 0.15) is 5.75 Å². The van der Waals surface area contributed by atoms with Crippen molar-refractivity contribution in [3.05, 3.63) is 90.1 Å². The Morgan fingerprint density at radius 3 is 2.38 bits per heavy atom. The summed E-state index contributed by atoms with van der Waals surface area (Å²) in [5.41, 5.74) is 1.81. The van der Waals surface area contributed by atoms with Crippen molar-refractivity contribution in [3.63, 3.8) is 0 Å². The molecule has 162 valence electrons. The van der Waals surface area contributed by atoms with Crippen molar-refractivity contribution in [2.45, 2.75) is 6.18 Å². The van der Waals surface area contributed by atoms with Crippen LogP contribution < -0.4 is 10.1 Å². The fourth-order valence-electron chi connectivity index (χ4n) is 3.11. The van der Waals surface area contributed by atoms with Gasteiger partial charge >= 0.3 is 6.18 Å². The van der Waals surface area contributed by atoms with Gasteiger partial charge in [-0.15, -0.1) is 5.10 Å². The summed E-state index contributed by atoms with van der Waals surface area (Å²) < 4.78 is 45.4. The molecule has 0 saturated carbocycles. The van der Waals surface area contributed by atoms with Crippen LogP contribution in [0.25, 0.3) is 16.9 Å². The lowest BCUT2D eigenvalue weighted by Gasteiger charge is -2.11. The van der Waals surface area contributed by atoms with E-state index < -0.39 is 17.6 Å². The van der Waals surface area contributed by atoms with Crippen LogP contribution in [0.15, 0.2) is 79.0 Å². The minimum atomic E-state index is -4.48. The molecule has 1 amide bonds. The molecule has 1 N–H and O–H groups in total. The molecule has 0 atom stereocenters. The van der Waals surface area contributed by atoms with Gasteiger partial charge < -0.3 is 10.1 Å². The fraction of sp³-hybridized carbons (Fsp3) is 0.0870. The average Bonchev–Trinajstić information content (AvgIpc) is 3.29. The summed E-state index contributed by atoms with van der Waals surface area (Å²) in [4.78, 5) is 12.5. The van der Waals surface area contributed by atoms with E-state index in [1.165, 1.54) is 12.1 Å². The Morgan fingerprint density at radius 2 is 1.72 bits per heavy atom. The van der Waals surface area contributed by atoms with Crippen LogP contribution in [0.1, 0.15) is 15.9 Å². The highest BCUT2D eigenvalue weighted by Crippen LogP contribution is 2.31. The lowest BCUT2D eigenvalue weighted by atomic mass is 10.1. The number of rotatable bonds is 5. The number of amides is 1. The van der Waals surface area contributed by atoms with Gasteiger partial charge in [0, 0.05) is 16.8 Å². The predicted octanol–water partition coefficient (Wildman–Crippen LogP) is 5.21. The number of anilines is 1. The first-order valence-corrected chi connectivity index (χ1v) is 9.49. The largest absolute Gasteiger partial charge is 0.497 e. The van der Waals surface area contributed by atoms with E-state index in [0.29, 0.717) is 5.69 Å². The average molecular weight is 438 g/mol. The van der Waals surface area contributed by atoms with Crippen molar-refractivity contribution in [3.8, 4) is 22.7 Å². The first kappa shape index (κ1) is 21.1. The van der Waals surface area contributed by atoms with Gasteiger partial charge in [0.25, 0.3) is 5.91 Å². The van der Waals surface area contributed by atoms with Gasteiger partial charge in [0.15, 0.2) is 0 Å². The number of alkyl halides is 3. The highest BCUT2D eigenvalue weighted by Gasteiger charge is 2.30. The van der Waals surface area contributed by atoms with Crippen LogP contribution in [0.2, 0.25) is 0 Å². The maximum atomic E-state index is 12.9. The Labute approximate surface area is 181 Å². The standard InChI is InChI=1S/C23H17F3N4O2/c1-32-20-11-7-15(8-12-20)21-14-27-29-30(21)19-9-5-16(6-10-19)22(31)28-18-4-2-3-17(13-18)23(24,25)26/h2-14H,1H3,(H,28,31). The molecule has 32 heavy (non-hydrogen) atoms. The van der Waals surface area contributed by atoms with E-state index in [4.69, 9.17) is 4.74 Å². The molecule has 1 heterocycles. The normalized spacial score (nSPS) is 11.2. The molecular weight excluding hydrogens is 421 g/mol. The first-order chi connectivity index (χ1) is 15.3. The van der Waals surface area contributed by atoms with Gasteiger partial charge in [-0.3, -0.25) is 4.79 Å². The van der Waals surface area contributed by atoms with Crippen LogP contribution in [-0.2, 0) is 6.18 Å². The zero-order valence-corrected chi connectivity index (χ0v) is 16.8. The zero-order chi connectivity index (χ0) is 22.7. The highest BCUT2D eigenvalue weighted by molar-refractivity contribution is 6.04. The zero-order valence-electron chi connectivity index (χ0n) is 16.8. The van der Waals surface area contributed by atoms with Crippen LogP contribution in [-0.4, -0.2) is 28.0 Å². The molecule has 9 heteroatoms. The SMILES string of the molecule is COc1ccc(-c2cnnn2-c2ccc(C(=O)Nc3cccc(C(F)(F)F)c3)cc2)cc1. The molecule has 4 aromatic rings. The summed E-state index contributed by atoms with van der Waals surface area (Å²) in [5.74, 6) is 0.203. The van der Waals surface area contributed by atoms with Crippen LogP contribution in [0.5, 0.6) is 5.75 Å². The number of carbonyl (C=O) groups excluding carboxylic acids is 1. The molecule has 1 aromatic heterocycles. The molecular formula is C23H17F3N4O2. The molecule has 4 rings (SSSR count). The summed E-state index contributed by atoms with van der Waals surface area (Å²) in [6, 6.07) is 18.4. The molecule has 0 aliphatic carbocycles. The van der Waals surface area contributed by atoms with Gasteiger partial charge in [-0.05, 0) is 66.7 Å². The third-order valence-electron chi connectivity index (χ3n) is 4.76. The second-order valence-electron chi connectivity index (χ2n) is 6.84. The van der Waals surface area contributed by atoms with Gasteiger partial charge in [-0.1, -0.05) is 11.3 Å². The number of nitrogens with one attached hydrogen (secondary N) is 1. The lowest BCUT2D eigenvalue weighted by Crippen LogP contribution is -2.13. The number of benzene rings is 3. The van der Waals surface area contributed by atoms with E-state index in [1.807, 2.05) is 24.3 Å². The van der Waals surface area contributed by atoms with E-state index >= 15 is 0 Å². The summed E-state index contributed by atoms with van der Waals surface area (Å²) in [7, 11) is 1.59. The van der Waals surface area contributed by atoms with Crippen LogP contribution >= 0.6 is 0 Å². The number of methoxy groups -OCH3 is 1. The highest BCUT2D eigenvalue weighted by atomic mass is 19.4. The van der Waals surface area contributed by atoms with Crippen molar-refractivity contribution in [2.24, 2.45) is 0 Å². The molecule has 0 fully saturated rings. The summed E-state index contributed by atoms with van der Waals surface area (Å²) >= 11 is 0. The van der Waals surface area contributed by atoms with Gasteiger partial charge in [-0.25, -0.2) is 4.68 Å². The Kier molecular flexibility index (Phi) is 5.63. The second-order valence-corrected chi connectivity index (χ2v) is 6.84. The summed E-state index contributed by atoms with van der Waals surface area (Å²) in [5, 5.41) is 10.6. The Morgan fingerprint density at radius 1 is 1.00 bits per heavy atom. The van der Waals surface area contributed by atoms with Crippen LogP contribution in [0, 0.1) is 0 Å². The van der Waals surface area contributed by atoms with Crippen LogP contribution in [0.4, 0.5) is 18.9 Å². The molecule has 0 spiro atoms. The Balaban J connectivity index is 1.53. The third-order valence-corrected chi connectivity index (χ3v) is 4.76. The van der Waals surface area contributed by atoms with Crippen molar-refractivity contribution in [1.82, 2.24) is 15.0 Å². The number of hydrogen-bond acceptors (Lipinski definition) is 4. The molecule has 6 nitrogen and oxygen atoms in total. The topological polar surface area (TPSA) is 69.0 Å². The summed E-state index contributed by atoms with van der Waals surface area (Å²) in [6.45, 7) is 0. The fourth-order valence-corrected chi connectivity index (χ4v) is 3.11. The number of nitrogens with zero attached hydrogens (tertiary/aromatic N) is 3. The van der Waals surface area contributed by atoms with Crippen molar-refractivity contribution in [1.29, 1.82) is 0 Å². The number of halogens is 3. The smallest absolute Gasteiger partial charge is 0.416 e. The molecule has 0 saturated heterocycles. The molecule has 3 aromatic carbocycles. The van der Waals surface area contributed by atoms with Gasteiger partial charge in [0.2, 0.25) is 0 Å². The minimum Gasteiger partial charge on any atom is -0.497 e. The number of aromatic nitrogens is 3. The van der Waals surface area contributed by atoms with Crippen LogP contribution in [0.3, 0.4) is 0 Å². The lowest BCUT2D eigenvalue weighted by molar-refractivity contribution is -0.137. The van der Waals surface area contributed by atoms with E-state index in [1.54, 1.807) is 42.3 Å². The predicted molar refractivity (Wildman–Crippen MR) is 113 cm³/mol. The van der Waals surface area contributed by atoms with Gasteiger partial charge in [0.05, 0.1) is 30.3 Å². The maximum absolute atomic E-state index is 12.9. The van der Waals surface area contributed by atoms with E-state index in [0.717, 1.165) is 29.1 Å². The number of hydrogen-bond donors (Lipinski definition) is 1. The molecule has 0 bridgehead atoms. The molecule has 0 unspecified atom stereocenters. The van der Waals surface area contributed by atoms with E-state index in [9.17, 15) is 18.0 Å². The van der Waals surface area contributed by atoms with E-state index in [2.05, 4.69) is 15.6 Å². The van der Waals surface area contributed by atoms with Gasteiger partial charge in [-0.2, -0.15) is 13.2 Å². The second kappa shape index (κ2) is 8.54. The van der Waals surface area contributed by atoms with Crippen molar-refractivity contribution in [2.75, 3.05) is 12.4 Å². The maximum Gasteiger partial charge on any atom is 0.416 e. The first-order valence-electron chi connectivity index (χ1n) is 9.49. The van der Waals surface area contributed by atoms with Crippen molar-refractivity contribution >= 4 is 11.6 Å². The minimum absolute atomic E-state index is 0.0620. The van der Waals surface area contributed by atoms with E-state index in [-0.39, 0.29) is 11.3 Å². The monoisotopic (exact) mass is 438 g/mol. The number of ether oxygens (including phenoxy) is 1. The quantitative estimate of drug-likeness (QED) is 0.464. The molecule has 0 radical (unpaired) electrons. The summed E-state index contributed by atoms with van der Waals surface area (Å²) in [6.07, 6.45) is -2.86. The van der Waals surface area contributed by atoms with Crippen molar-refractivity contribution < 1.29 is 22.7 Å². The Bertz CT molecular complexity index is 1230.